The molecule has 104 valence electrons. The Morgan fingerprint density at radius 2 is 1.84 bits per heavy atom. The van der Waals surface area contributed by atoms with Crippen molar-refractivity contribution >= 4 is 0 Å². The molecule has 2 rings (SSSR count). The minimum Gasteiger partial charge on any atom is -0.310 e. The number of allylic oxidation sites excluding steroid dienone is 1. The standard InChI is InChI=1S/C18H27N/c1-14-11-15(2)13-18(12-14)16(3)19-10-9-17-7-5-4-6-8-17/h7,11-13,16,19H,4-6,8-10H2,1-3H3. The molecule has 1 atom stereocenters. The van der Waals surface area contributed by atoms with Crippen LogP contribution in [0.4, 0.5) is 0 Å². The van der Waals surface area contributed by atoms with Crippen LogP contribution in [0.15, 0.2) is 29.8 Å². The van der Waals surface area contributed by atoms with Crippen molar-refractivity contribution in [1.82, 2.24) is 5.32 Å². The number of aryl methyl sites for hydroxylation is 2. The molecule has 0 heterocycles. The molecule has 0 saturated heterocycles. The van der Waals surface area contributed by atoms with Crippen LogP contribution in [0.5, 0.6) is 0 Å². The molecule has 1 aliphatic rings. The van der Waals surface area contributed by atoms with Crippen LogP contribution in [0.3, 0.4) is 0 Å². The minimum atomic E-state index is 0.447. The maximum atomic E-state index is 3.66. The number of rotatable bonds is 5. The zero-order valence-corrected chi connectivity index (χ0v) is 12.6. The van der Waals surface area contributed by atoms with Gasteiger partial charge in [0, 0.05) is 6.04 Å². The summed E-state index contributed by atoms with van der Waals surface area (Å²) in [5.41, 5.74) is 5.79. The Morgan fingerprint density at radius 3 is 2.47 bits per heavy atom. The molecule has 0 radical (unpaired) electrons. The van der Waals surface area contributed by atoms with E-state index in [-0.39, 0.29) is 0 Å². The lowest BCUT2D eigenvalue weighted by molar-refractivity contribution is 0.562. The van der Waals surface area contributed by atoms with E-state index in [2.05, 4.69) is 50.4 Å². The first kappa shape index (κ1) is 14.3. The van der Waals surface area contributed by atoms with Crippen molar-refractivity contribution in [2.24, 2.45) is 0 Å². The maximum Gasteiger partial charge on any atom is 0.0292 e. The molecule has 0 aromatic heterocycles. The van der Waals surface area contributed by atoms with Crippen LogP contribution in [0, 0.1) is 13.8 Å². The highest BCUT2D eigenvalue weighted by atomic mass is 14.9. The first-order valence-corrected chi connectivity index (χ1v) is 7.64. The van der Waals surface area contributed by atoms with Crippen molar-refractivity contribution in [3.8, 4) is 0 Å². The molecule has 1 heteroatoms. The van der Waals surface area contributed by atoms with Crippen molar-refractivity contribution in [3.05, 3.63) is 46.5 Å². The van der Waals surface area contributed by atoms with Crippen LogP contribution in [0.2, 0.25) is 0 Å². The highest BCUT2D eigenvalue weighted by molar-refractivity contribution is 5.30. The van der Waals surface area contributed by atoms with Crippen LogP contribution in [-0.4, -0.2) is 6.54 Å². The summed E-state index contributed by atoms with van der Waals surface area (Å²) in [6.07, 6.45) is 9.05. The zero-order chi connectivity index (χ0) is 13.7. The Kier molecular flexibility index (Phi) is 5.21. The van der Waals surface area contributed by atoms with E-state index < -0.39 is 0 Å². The molecular formula is C18H27N. The largest absolute Gasteiger partial charge is 0.310 e. The highest BCUT2D eigenvalue weighted by Crippen LogP contribution is 2.20. The van der Waals surface area contributed by atoms with Crippen LogP contribution < -0.4 is 5.32 Å². The topological polar surface area (TPSA) is 12.0 Å². The first-order valence-electron chi connectivity index (χ1n) is 7.64. The molecule has 1 aliphatic carbocycles. The molecule has 1 unspecified atom stereocenters. The summed E-state index contributed by atoms with van der Waals surface area (Å²) in [6.45, 7) is 7.72. The van der Waals surface area contributed by atoms with E-state index in [0.29, 0.717) is 6.04 Å². The second-order valence-corrected chi connectivity index (χ2v) is 5.96. The van der Waals surface area contributed by atoms with Crippen molar-refractivity contribution < 1.29 is 0 Å². The van der Waals surface area contributed by atoms with E-state index in [1.165, 1.54) is 48.8 Å². The number of benzene rings is 1. The van der Waals surface area contributed by atoms with Gasteiger partial charge in [0.25, 0.3) is 0 Å². The lowest BCUT2D eigenvalue weighted by atomic mass is 9.97. The monoisotopic (exact) mass is 257 g/mol. The van der Waals surface area contributed by atoms with Gasteiger partial charge in [0.05, 0.1) is 0 Å². The van der Waals surface area contributed by atoms with Crippen molar-refractivity contribution in [3.63, 3.8) is 0 Å². The smallest absolute Gasteiger partial charge is 0.0292 e. The normalized spacial score (nSPS) is 17.1. The van der Waals surface area contributed by atoms with E-state index in [0.717, 1.165) is 6.54 Å². The van der Waals surface area contributed by atoms with Gasteiger partial charge in [-0.2, -0.15) is 0 Å². The lowest BCUT2D eigenvalue weighted by Crippen LogP contribution is -2.20. The lowest BCUT2D eigenvalue weighted by Gasteiger charge is -2.17. The fourth-order valence-corrected chi connectivity index (χ4v) is 2.96. The van der Waals surface area contributed by atoms with E-state index >= 15 is 0 Å². The van der Waals surface area contributed by atoms with Crippen LogP contribution in [-0.2, 0) is 0 Å². The van der Waals surface area contributed by atoms with Gasteiger partial charge >= 0.3 is 0 Å². The maximum absolute atomic E-state index is 3.66. The van der Waals surface area contributed by atoms with Gasteiger partial charge in [0.15, 0.2) is 0 Å². The van der Waals surface area contributed by atoms with E-state index in [1.807, 2.05) is 0 Å². The molecule has 0 aliphatic heterocycles. The average Bonchev–Trinajstić information content (AvgIpc) is 2.38. The fourth-order valence-electron chi connectivity index (χ4n) is 2.96. The molecule has 0 spiro atoms. The van der Waals surface area contributed by atoms with E-state index in [9.17, 15) is 0 Å². The van der Waals surface area contributed by atoms with Crippen LogP contribution in [0.25, 0.3) is 0 Å². The van der Waals surface area contributed by atoms with Gasteiger partial charge in [-0.3, -0.25) is 0 Å². The summed E-state index contributed by atoms with van der Waals surface area (Å²) in [6, 6.07) is 7.28. The summed E-state index contributed by atoms with van der Waals surface area (Å²) in [4.78, 5) is 0. The van der Waals surface area contributed by atoms with Crippen LogP contribution >= 0.6 is 0 Å². The van der Waals surface area contributed by atoms with Crippen LogP contribution in [0.1, 0.15) is 61.8 Å². The molecule has 0 fully saturated rings. The van der Waals surface area contributed by atoms with Crippen molar-refractivity contribution in [1.29, 1.82) is 0 Å². The summed E-state index contributed by atoms with van der Waals surface area (Å²) < 4.78 is 0. The molecule has 19 heavy (non-hydrogen) atoms. The Balaban J connectivity index is 1.83. The third-order valence-corrected chi connectivity index (χ3v) is 4.03. The summed E-state index contributed by atoms with van der Waals surface area (Å²) in [5, 5.41) is 3.66. The number of hydrogen-bond acceptors (Lipinski definition) is 1. The fraction of sp³-hybridized carbons (Fsp3) is 0.556. The van der Waals surface area contributed by atoms with Gasteiger partial charge in [-0.1, -0.05) is 41.0 Å². The molecule has 0 bridgehead atoms. The predicted octanol–water partition coefficient (Wildman–Crippen LogP) is 4.84. The second kappa shape index (κ2) is 6.91. The third kappa shape index (κ3) is 4.50. The van der Waals surface area contributed by atoms with Gasteiger partial charge in [-0.15, -0.1) is 0 Å². The van der Waals surface area contributed by atoms with Crippen molar-refractivity contribution in [2.45, 2.75) is 58.9 Å². The second-order valence-electron chi connectivity index (χ2n) is 5.96. The molecule has 1 aromatic rings. The van der Waals surface area contributed by atoms with Gasteiger partial charge in [0.1, 0.15) is 0 Å². The minimum absolute atomic E-state index is 0.447. The molecule has 1 aromatic carbocycles. The molecule has 0 amide bonds. The van der Waals surface area contributed by atoms with Gasteiger partial charge in [-0.05, 0) is 65.0 Å². The Labute approximate surface area is 118 Å². The van der Waals surface area contributed by atoms with Gasteiger partial charge in [0.2, 0.25) is 0 Å². The SMILES string of the molecule is Cc1cc(C)cc(C(C)NCCC2=CCCCC2)c1. The Bertz CT molecular complexity index is 425. The number of nitrogens with one attached hydrogen (secondary N) is 1. The van der Waals surface area contributed by atoms with Gasteiger partial charge < -0.3 is 5.32 Å². The van der Waals surface area contributed by atoms with E-state index in [1.54, 1.807) is 5.57 Å². The Hall–Kier alpha value is -1.08. The first-order chi connectivity index (χ1) is 9.15. The summed E-state index contributed by atoms with van der Waals surface area (Å²) >= 11 is 0. The predicted molar refractivity (Wildman–Crippen MR) is 83.5 cm³/mol. The molecule has 0 saturated carbocycles. The third-order valence-electron chi connectivity index (χ3n) is 4.03. The quantitative estimate of drug-likeness (QED) is 0.744. The zero-order valence-electron chi connectivity index (χ0n) is 12.6. The number of hydrogen-bond donors (Lipinski definition) is 1. The molecule has 1 N–H and O–H groups in total. The molecule has 1 nitrogen and oxygen atoms in total. The van der Waals surface area contributed by atoms with Gasteiger partial charge in [-0.25, -0.2) is 0 Å². The molecular weight excluding hydrogens is 230 g/mol. The summed E-state index contributed by atoms with van der Waals surface area (Å²) in [5.74, 6) is 0. The van der Waals surface area contributed by atoms with Crippen molar-refractivity contribution in [2.75, 3.05) is 6.54 Å². The van der Waals surface area contributed by atoms with E-state index in [4.69, 9.17) is 0 Å². The highest BCUT2D eigenvalue weighted by Gasteiger charge is 2.07. The average molecular weight is 257 g/mol. The Morgan fingerprint density at radius 1 is 1.11 bits per heavy atom. The summed E-state index contributed by atoms with van der Waals surface area (Å²) in [7, 11) is 0.